The van der Waals surface area contributed by atoms with Gasteiger partial charge < -0.3 is 14.7 Å². The molecule has 1 saturated heterocycles. The summed E-state index contributed by atoms with van der Waals surface area (Å²) >= 11 is 0. The van der Waals surface area contributed by atoms with Gasteiger partial charge in [0.15, 0.2) is 0 Å². The second-order valence-electron chi connectivity index (χ2n) is 6.05. The molecular weight excluding hydrogens is 309 g/mol. The number of carbonyl (C=O) groups is 1. The minimum Gasteiger partial charge on any atom is -0.391 e. The molecule has 1 aliphatic rings. The fourth-order valence-corrected chi connectivity index (χ4v) is 3.17. The molecule has 24 heavy (non-hydrogen) atoms. The molecule has 2 atom stereocenters. The molecule has 1 heterocycles. The zero-order chi connectivity index (χ0) is 17.1. The lowest BCUT2D eigenvalue weighted by atomic mass is 10.0. The number of likely N-dealkylation sites (tertiary alicyclic amines) is 1. The molecule has 1 amide bonds. The van der Waals surface area contributed by atoms with Gasteiger partial charge in [-0.15, -0.1) is 0 Å². The highest BCUT2D eigenvalue weighted by molar-refractivity contribution is 5.95. The maximum absolute atomic E-state index is 13.1. The molecule has 0 saturated carbocycles. The van der Waals surface area contributed by atoms with Gasteiger partial charge in [0.25, 0.3) is 5.91 Å². The van der Waals surface area contributed by atoms with E-state index < -0.39 is 6.10 Å². The van der Waals surface area contributed by atoms with E-state index in [2.05, 4.69) is 0 Å². The molecule has 0 aliphatic carbocycles. The number of hydrogen-bond donors (Lipinski definition) is 1. The number of methoxy groups -OCH3 is 1. The molecule has 3 rings (SSSR count). The number of carbonyl (C=O) groups excluding carboxylic acids is 1. The van der Waals surface area contributed by atoms with Crippen LogP contribution < -0.4 is 0 Å². The largest absolute Gasteiger partial charge is 0.391 e. The fourth-order valence-electron chi connectivity index (χ4n) is 3.17. The number of aliphatic hydroxyl groups is 1. The number of benzene rings is 2. The van der Waals surface area contributed by atoms with Gasteiger partial charge in [0.1, 0.15) is 5.82 Å². The van der Waals surface area contributed by atoms with Crippen LogP contribution in [0.1, 0.15) is 33.9 Å². The molecule has 0 spiro atoms. The van der Waals surface area contributed by atoms with Gasteiger partial charge in [-0.05, 0) is 41.8 Å². The summed E-state index contributed by atoms with van der Waals surface area (Å²) in [5.74, 6) is -0.457. The lowest BCUT2D eigenvalue weighted by Gasteiger charge is -2.25. The Kier molecular flexibility index (Phi) is 4.92. The second kappa shape index (κ2) is 7.11. The van der Waals surface area contributed by atoms with E-state index in [0.29, 0.717) is 18.6 Å². The third kappa shape index (κ3) is 3.47. The van der Waals surface area contributed by atoms with E-state index in [1.165, 1.54) is 12.1 Å². The standard InChI is InChI=1S/C19H20FNO3/c1-24-12-13-3-2-4-15(9-13)19(23)21-11-17(22)10-18(21)14-5-7-16(20)8-6-14/h2-9,17-18,22H,10-12H2,1H3/t17-,18+/m0/s1. The van der Waals surface area contributed by atoms with Crippen molar-refractivity contribution in [3.63, 3.8) is 0 Å². The molecule has 4 nitrogen and oxygen atoms in total. The first-order valence-corrected chi connectivity index (χ1v) is 7.91. The van der Waals surface area contributed by atoms with Gasteiger partial charge in [0.05, 0.1) is 18.8 Å². The molecule has 2 aromatic rings. The zero-order valence-electron chi connectivity index (χ0n) is 13.5. The smallest absolute Gasteiger partial charge is 0.254 e. The maximum atomic E-state index is 13.1. The average Bonchev–Trinajstić information content (AvgIpc) is 2.97. The van der Waals surface area contributed by atoms with Crippen molar-refractivity contribution >= 4 is 5.91 Å². The number of aliphatic hydroxyl groups excluding tert-OH is 1. The van der Waals surface area contributed by atoms with Crippen molar-refractivity contribution in [3.05, 3.63) is 71.0 Å². The summed E-state index contributed by atoms with van der Waals surface area (Å²) in [7, 11) is 1.61. The highest BCUT2D eigenvalue weighted by Crippen LogP contribution is 2.33. The van der Waals surface area contributed by atoms with Crippen molar-refractivity contribution in [1.82, 2.24) is 4.90 Å². The molecule has 0 aromatic heterocycles. The Balaban J connectivity index is 1.86. The van der Waals surface area contributed by atoms with Crippen molar-refractivity contribution in [2.75, 3.05) is 13.7 Å². The third-order valence-corrected chi connectivity index (χ3v) is 4.28. The first-order valence-electron chi connectivity index (χ1n) is 7.91. The van der Waals surface area contributed by atoms with Gasteiger partial charge >= 0.3 is 0 Å². The molecule has 0 bridgehead atoms. The molecular formula is C19H20FNO3. The van der Waals surface area contributed by atoms with E-state index in [9.17, 15) is 14.3 Å². The van der Waals surface area contributed by atoms with Gasteiger partial charge in [0, 0.05) is 19.2 Å². The summed E-state index contributed by atoms with van der Waals surface area (Å²) in [5.41, 5.74) is 2.31. The molecule has 0 unspecified atom stereocenters. The minimum absolute atomic E-state index is 0.140. The lowest BCUT2D eigenvalue weighted by molar-refractivity contribution is 0.0715. The molecule has 126 valence electrons. The maximum Gasteiger partial charge on any atom is 0.254 e. The Morgan fingerprint density at radius 2 is 2.04 bits per heavy atom. The van der Waals surface area contributed by atoms with E-state index in [-0.39, 0.29) is 24.3 Å². The van der Waals surface area contributed by atoms with Crippen molar-refractivity contribution in [2.24, 2.45) is 0 Å². The van der Waals surface area contributed by atoms with Crippen LogP contribution in [0.2, 0.25) is 0 Å². The summed E-state index contributed by atoms with van der Waals surface area (Å²) < 4.78 is 18.3. The van der Waals surface area contributed by atoms with Crippen LogP contribution in [0.25, 0.3) is 0 Å². The van der Waals surface area contributed by atoms with Gasteiger partial charge in [-0.1, -0.05) is 24.3 Å². The van der Waals surface area contributed by atoms with Crippen LogP contribution in [-0.2, 0) is 11.3 Å². The Bertz CT molecular complexity index is 717. The van der Waals surface area contributed by atoms with E-state index in [1.807, 2.05) is 12.1 Å². The van der Waals surface area contributed by atoms with E-state index in [1.54, 1.807) is 36.3 Å². The highest BCUT2D eigenvalue weighted by atomic mass is 19.1. The fraction of sp³-hybridized carbons (Fsp3) is 0.316. The zero-order valence-corrected chi connectivity index (χ0v) is 13.5. The predicted molar refractivity (Wildman–Crippen MR) is 88.0 cm³/mol. The number of hydrogen-bond acceptors (Lipinski definition) is 3. The number of nitrogens with zero attached hydrogens (tertiary/aromatic N) is 1. The van der Waals surface area contributed by atoms with Crippen LogP contribution in [-0.4, -0.2) is 35.7 Å². The van der Waals surface area contributed by atoms with Gasteiger partial charge in [-0.2, -0.15) is 0 Å². The minimum atomic E-state index is -0.578. The lowest BCUT2D eigenvalue weighted by Crippen LogP contribution is -2.31. The first kappa shape index (κ1) is 16.6. The highest BCUT2D eigenvalue weighted by Gasteiger charge is 2.35. The summed E-state index contributed by atoms with van der Waals surface area (Å²) in [4.78, 5) is 14.6. The summed E-state index contributed by atoms with van der Waals surface area (Å²) in [6.45, 7) is 0.709. The van der Waals surface area contributed by atoms with Crippen LogP contribution in [0.3, 0.4) is 0 Å². The molecule has 1 aliphatic heterocycles. The van der Waals surface area contributed by atoms with Crippen LogP contribution >= 0.6 is 0 Å². The van der Waals surface area contributed by atoms with Crippen molar-refractivity contribution in [3.8, 4) is 0 Å². The third-order valence-electron chi connectivity index (χ3n) is 4.28. The van der Waals surface area contributed by atoms with Crippen LogP contribution in [0, 0.1) is 5.82 Å². The summed E-state index contributed by atoms with van der Waals surface area (Å²) in [6.07, 6.45) is -0.124. The van der Waals surface area contributed by atoms with Gasteiger partial charge in [-0.25, -0.2) is 4.39 Å². The molecule has 1 N–H and O–H groups in total. The van der Waals surface area contributed by atoms with Crippen LogP contribution in [0.4, 0.5) is 4.39 Å². The average molecular weight is 329 g/mol. The van der Waals surface area contributed by atoms with E-state index >= 15 is 0 Å². The van der Waals surface area contributed by atoms with Gasteiger partial charge in [0.2, 0.25) is 0 Å². The van der Waals surface area contributed by atoms with Crippen molar-refractivity contribution < 1.29 is 19.0 Å². The molecule has 1 fully saturated rings. The van der Waals surface area contributed by atoms with Gasteiger partial charge in [-0.3, -0.25) is 4.79 Å². The normalized spacial score (nSPS) is 20.4. The Hall–Kier alpha value is -2.24. The molecule has 2 aromatic carbocycles. The van der Waals surface area contributed by atoms with E-state index in [0.717, 1.165) is 11.1 Å². The topological polar surface area (TPSA) is 49.8 Å². The Morgan fingerprint density at radius 3 is 2.75 bits per heavy atom. The quantitative estimate of drug-likeness (QED) is 0.938. The second-order valence-corrected chi connectivity index (χ2v) is 6.05. The van der Waals surface area contributed by atoms with E-state index in [4.69, 9.17) is 4.74 Å². The van der Waals surface area contributed by atoms with Crippen LogP contribution in [0.5, 0.6) is 0 Å². The molecule has 5 heteroatoms. The Labute approximate surface area is 140 Å². The number of amides is 1. The van der Waals surface area contributed by atoms with Crippen molar-refractivity contribution in [1.29, 1.82) is 0 Å². The SMILES string of the molecule is COCc1cccc(C(=O)N2C[C@@H](O)C[C@@H]2c2ccc(F)cc2)c1. The number of β-amino-alcohol motifs (C(OH)–C–C–N with tert-alkyl or cyclic N) is 1. The summed E-state index contributed by atoms with van der Waals surface area (Å²) in [5, 5.41) is 10.0. The Morgan fingerprint density at radius 1 is 1.29 bits per heavy atom. The van der Waals surface area contributed by atoms with Crippen LogP contribution in [0.15, 0.2) is 48.5 Å². The van der Waals surface area contributed by atoms with Crippen molar-refractivity contribution in [2.45, 2.75) is 25.2 Å². The number of halogens is 1. The summed E-state index contributed by atoms with van der Waals surface area (Å²) in [6, 6.07) is 13.1. The predicted octanol–water partition coefficient (Wildman–Crippen LogP) is 2.92. The number of ether oxygens (including phenoxy) is 1. The number of rotatable bonds is 4. The first-order chi connectivity index (χ1) is 11.6. The monoisotopic (exact) mass is 329 g/mol. The molecule has 0 radical (unpaired) electrons.